The van der Waals surface area contributed by atoms with E-state index in [4.69, 9.17) is 0 Å². The van der Waals surface area contributed by atoms with Crippen molar-refractivity contribution in [2.75, 3.05) is 11.9 Å². The van der Waals surface area contributed by atoms with E-state index in [1.165, 1.54) is 11.1 Å². The fourth-order valence-electron chi connectivity index (χ4n) is 2.27. The summed E-state index contributed by atoms with van der Waals surface area (Å²) in [5.41, 5.74) is 3.69. The minimum Gasteiger partial charge on any atom is -0.351 e. The van der Waals surface area contributed by atoms with E-state index in [2.05, 4.69) is 26.7 Å². The first-order valence-corrected chi connectivity index (χ1v) is 7.47. The third kappa shape index (κ3) is 4.28. The fourth-order valence-corrected chi connectivity index (χ4v) is 2.27. The van der Waals surface area contributed by atoms with Crippen LogP contribution in [0.5, 0.6) is 0 Å². The predicted molar refractivity (Wildman–Crippen MR) is 88.6 cm³/mol. The average molecular weight is 298 g/mol. The maximum absolute atomic E-state index is 12.0. The van der Waals surface area contributed by atoms with Crippen molar-refractivity contribution in [3.05, 3.63) is 46.9 Å². The molecule has 0 spiro atoms. The smallest absolute Gasteiger partial charge is 0.270 e. The van der Waals surface area contributed by atoms with Gasteiger partial charge in [0.05, 0.1) is 0 Å². The second-order valence-electron chi connectivity index (χ2n) is 5.44. The number of aryl methyl sites for hydroxylation is 3. The molecule has 116 valence electrons. The van der Waals surface area contributed by atoms with Gasteiger partial charge < -0.3 is 10.6 Å². The highest BCUT2D eigenvalue weighted by molar-refractivity contribution is 5.93. The second-order valence-corrected chi connectivity index (χ2v) is 5.44. The molecule has 0 aliphatic carbocycles. The lowest BCUT2D eigenvalue weighted by molar-refractivity contribution is 0.0948. The van der Waals surface area contributed by atoms with Gasteiger partial charge in [0.25, 0.3) is 5.91 Å². The van der Waals surface area contributed by atoms with Crippen molar-refractivity contribution in [3.63, 3.8) is 0 Å². The number of amides is 1. The van der Waals surface area contributed by atoms with E-state index in [0.29, 0.717) is 23.9 Å². The summed E-state index contributed by atoms with van der Waals surface area (Å²) in [5.74, 6) is 1.02. The zero-order valence-electron chi connectivity index (χ0n) is 13.5. The van der Waals surface area contributed by atoms with Crippen LogP contribution in [0.3, 0.4) is 0 Å². The number of hydrogen-bond acceptors (Lipinski definition) is 4. The monoisotopic (exact) mass is 298 g/mol. The maximum Gasteiger partial charge on any atom is 0.270 e. The molecule has 0 bridgehead atoms. The van der Waals surface area contributed by atoms with E-state index in [-0.39, 0.29) is 5.91 Å². The quantitative estimate of drug-likeness (QED) is 0.889. The van der Waals surface area contributed by atoms with Crippen molar-refractivity contribution >= 4 is 17.4 Å². The molecule has 2 N–H and O–H groups in total. The number of nitrogens with one attached hydrogen (secondary N) is 2. The number of benzene rings is 1. The van der Waals surface area contributed by atoms with E-state index < -0.39 is 0 Å². The molecular formula is C17H22N4O. The van der Waals surface area contributed by atoms with Crippen LogP contribution >= 0.6 is 0 Å². The van der Waals surface area contributed by atoms with Gasteiger partial charge in [0.15, 0.2) is 0 Å². The van der Waals surface area contributed by atoms with Crippen LogP contribution < -0.4 is 10.6 Å². The van der Waals surface area contributed by atoms with Gasteiger partial charge in [0.2, 0.25) is 0 Å². The van der Waals surface area contributed by atoms with Gasteiger partial charge in [-0.3, -0.25) is 4.79 Å². The zero-order chi connectivity index (χ0) is 16.1. The van der Waals surface area contributed by atoms with Crippen molar-refractivity contribution in [3.8, 4) is 0 Å². The average Bonchev–Trinajstić information content (AvgIpc) is 2.42. The Kier molecular flexibility index (Phi) is 5.09. The Balaban J connectivity index is 2.24. The third-order valence-electron chi connectivity index (χ3n) is 3.10. The van der Waals surface area contributed by atoms with Crippen LogP contribution in [0.2, 0.25) is 0 Å². The van der Waals surface area contributed by atoms with Gasteiger partial charge in [0, 0.05) is 18.3 Å². The van der Waals surface area contributed by atoms with Crippen molar-refractivity contribution in [2.24, 2.45) is 0 Å². The summed E-state index contributed by atoms with van der Waals surface area (Å²) in [6.45, 7) is 8.53. The van der Waals surface area contributed by atoms with Crippen LogP contribution in [0.15, 0.2) is 24.3 Å². The molecule has 1 aromatic heterocycles. The number of rotatable bonds is 5. The first-order chi connectivity index (χ1) is 10.5. The van der Waals surface area contributed by atoms with Gasteiger partial charge >= 0.3 is 0 Å². The Morgan fingerprint density at radius 2 is 1.73 bits per heavy atom. The molecule has 0 aliphatic rings. The number of anilines is 2. The van der Waals surface area contributed by atoms with Crippen molar-refractivity contribution in [1.82, 2.24) is 15.3 Å². The molecule has 0 atom stereocenters. The first kappa shape index (κ1) is 15.9. The normalized spacial score (nSPS) is 10.4. The molecule has 1 heterocycles. The summed E-state index contributed by atoms with van der Waals surface area (Å²) in [4.78, 5) is 20.6. The highest BCUT2D eigenvalue weighted by Gasteiger charge is 2.10. The molecular weight excluding hydrogens is 276 g/mol. The molecule has 0 radical (unpaired) electrons. The summed E-state index contributed by atoms with van der Waals surface area (Å²) in [6.07, 6.45) is 0.892. The van der Waals surface area contributed by atoms with Gasteiger partial charge in [-0.15, -0.1) is 0 Å². The highest BCUT2D eigenvalue weighted by Crippen LogP contribution is 2.18. The molecule has 22 heavy (non-hydrogen) atoms. The van der Waals surface area contributed by atoms with Crippen molar-refractivity contribution in [1.29, 1.82) is 0 Å². The maximum atomic E-state index is 12.0. The Morgan fingerprint density at radius 3 is 2.36 bits per heavy atom. The van der Waals surface area contributed by atoms with Gasteiger partial charge in [-0.2, -0.15) is 0 Å². The van der Waals surface area contributed by atoms with Crippen molar-refractivity contribution in [2.45, 2.75) is 34.1 Å². The Bertz CT molecular complexity index is 662. The van der Waals surface area contributed by atoms with E-state index in [1.54, 1.807) is 13.0 Å². The summed E-state index contributed by atoms with van der Waals surface area (Å²) in [7, 11) is 0. The summed E-state index contributed by atoms with van der Waals surface area (Å²) in [5, 5.41) is 6.07. The fraction of sp³-hybridized carbons (Fsp3) is 0.353. The molecule has 0 aliphatic heterocycles. The standard InChI is InChI=1S/C17H22N4O/c1-5-6-18-17(22)15-10-16(20-13(4)19-15)21-14-8-11(2)7-12(3)9-14/h7-10H,5-6H2,1-4H3,(H,18,22)(H,19,20,21). The van der Waals surface area contributed by atoms with Crippen LogP contribution in [0, 0.1) is 20.8 Å². The van der Waals surface area contributed by atoms with E-state index in [1.807, 2.05) is 32.9 Å². The van der Waals surface area contributed by atoms with Gasteiger partial charge in [0.1, 0.15) is 17.3 Å². The van der Waals surface area contributed by atoms with E-state index >= 15 is 0 Å². The van der Waals surface area contributed by atoms with Crippen molar-refractivity contribution < 1.29 is 4.79 Å². The summed E-state index contributed by atoms with van der Waals surface area (Å²) < 4.78 is 0. The summed E-state index contributed by atoms with van der Waals surface area (Å²) >= 11 is 0. The minimum absolute atomic E-state index is 0.171. The molecule has 2 rings (SSSR count). The molecule has 1 aromatic carbocycles. The Morgan fingerprint density at radius 1 is 1.05 bits per heavy atom. The van der Waals surface area contributed by atoms with Crippen LogP contribution in [0.4, 0.5) is 11.5 Å². The van der Waals surface area contributed by atoms with E-state index in [0.717, 1.165) is 12.1 Å². The second kappa shape index (κ2) is 7.02. The molecule has 0 saturated carbocycles. The third-order valence-corrected chi connectivity index (χ3v) is 3.10. The lowest BCUT2D eigenvalue weighted by Gasteiger charge is -2.10. The SMILES string of the molecule is CCCNC(=O)c1cc(Nc2cc(C)cc(C)c2)nc(C)n1. The number of aromatic nitrogens is 2. The lowest BCUT2D eigenvalue weighted by atomic mass is 10.1. The van der Waals surface area contributed by atoms with Gasteiger partial charge in [-0.1, -0.05) is 13.0 Å². The largest absolute Gasteiger partial charge is 0.351 e. The Labute approximate surface area is 131 Å². The van der Waals surface area contributed by atoms with Crippen LogP contribution in [0.25, 0.3) is 0 Å². The first-order valence-electron chi connectivity index (χ1n) is 7.47. The number of carbonyl (C=O) groups excluding carboxylic acids is 1. The molecule has 0 fully saturated rings. The molecule has 0 saturated heterocycles. The van der Waals surface area contributed by atoms with Gasteiger partial charge in [-0.05, 0) is 50.5 Å². The number of carbonyl (C=O) groups is 1. The zero-order valence-corrected chi connectivity index (χ0v) is 13.5. The lowest BCUT2D eigenvalue weighted by Crippen LogP contribution is -2.25. The molecule has 5 heteroatoms. The highest BCUT2D eigenvalue weighted by atomic mass is 16.1. The molecule has 5 nitrogen and oxygen atoms in total. The number of hydrogen-bond donors (Lipinski definition) is 2. The topological polar surface area (TPSA) is 66.9 Å². The van der Waals surface area contributed by atoms with Crippen LogP contribution in [-0.2, 0) is 0 Å². The van der Waals surface area contributed by atoms with Crippen LogP contribution in [-0.4, -0.2) is 22.4 Å². The minimum atomic E-state index is -0.171. The molecule has 0 unspecified atom stereocenters. The summed E-state index contributed by atoms with van der Waals surface area (Å²) in [6, 6.07) is 7.87. The molecule has 2 aromatic rings. The Hall–Kier alpha value is -2.43. The molecule has 1 amide bonds. The van der Waals surface area contributed by atoms with E-state index in [9.17, 15) is 4.79 Å². The van der Waals surface area contributed by atoms with Gasteiger partial charge in [-0.25, -0.2) is 9.97 Å². The predicted octanol–water partition coefficient (Wildman–Crippen LogP) is 3.29. The van der Waals surface area contributed by atoms with Crippen LogP contribution in [0.1, 0.15) is 40.8 Å². The number of nitrogens with zero attached hydrogens (tertiary/aromatic N) is 2.